The van der Waals surface area contributed by atoms with Gasteiger partial charge >= 0.3 is 0 Å². The van der Waals surface area contributed by atoms with Crippen molar-refractivity contribution in [2.45, 2.75) is 6.42 Å². The number of nitrogens with zero attached hydrogens (tertiary/aromatic N) is 1. The predicted molar refractivity (Wildman–Crippen MR) is 50.8 cm³/mol. The summed E-state index contributed by atoms with van der Waals surface area (Å²) < 4.78 is 26.1. The second-order valence-corrected chi connectivity index (χ2v) is 2.78. The summed E-state index contributed by atoms with van der Waals surface area (Å²) in [5.74, 6) is -1.80. The number of hydrogen-bond acceptors (Lipinski definition) is 2. The van der Waals surface area contributed by atoms with Gasteiger partial charge in [-0.1, -0.05) is 12.2 Å². The molecule has 0 N–H and O–H groups in total. The Hall–Kier alpha value is -2.02. The first kappa shape index (κ1) is 11.1. The summed E-state index contributed by atoms with van der Waals surface area (Å²) in [4.78, 5) is 9.99. The molecule has 0 unspecified atom stereocenters. The molecule has 0 aliphatic rings. The quantitative estimate of drug-likeness (QED) is 0.714. The molecule has 76 valence electrons. The van der Waals surface area contributed by atoms with E-state index in [4.69, 9.17) is 5.26 Å². The van der Waals surface area contributed by atoms with Crippen molar-refractivity contribution in [2.24, 2.45) is 0 Å². The lowest BCUT2D eigenvalue weighted by atomic mass is 10.1. The van der Waals surface area contributed by atoms with E-state index in [1.165, 1.54) is 18.2 Å². The van der Waals surface area contributed by atoms with Crippen LogP contribution in [0.1, 0.15) is 17.5 Å². The number of hydrogen-bond donors (Lipinski definition) is 0. The SMILES string of the molecule is N#Cc1c(F)cc(C=CCC=O)cc1F. The molecule has 4 heteroatoms. The zero-order valence-electron chi connectivity index (χ0n) is 7.71. The molecule has 0 aliphatic carbocycles. The topological polar surface area (TPSA) is 40.9 Å². The summed E-state index contributed by atoms with van der Waals surface area (Å²) >= 11 is 0. The van der Waals surface area contributed by atoms with Crippen molar-refractivity contribution < 1.29 is 13.6 Å². The van der Waals surface area contributed by atoms with Gasteiger partial charge in [-0.2, -0.15) is 5.26 Å². The van der Waals surface area contributed by atoms with Gasteiger partial charge in [0.2, 0.25) is 0 Å². The minimum absolute atomic E-state index is 0.184. The van der Waals surface area contributed by atoms with E-state index in [1.54, 1.807) is 0 Å². The third kappa shape index (κ3) is 2.71. The molecular weight excluding hydrogens is 200 g/mol. The first-order valence-corrected chi connectivity index (χ1v) is 4.18. The molecule has 0 amide bonds. The zero-order valence-corrected chi connectivity index (χ0v) is 7.71. The summed E-state index contributed by atoms with van der Waals surface area (Å²) in [5.41, 5.74) is -0.312. The van der Waals surface area contributed by atoms with Crippen LogP contribution in [0.3, 0.4) is 0 Å². The molecule has 0 fully saturated rings. The van der Waals surface area contributed by atoms with Gasteiger partial charge in [-0.05, 0) is 17.7 Å². The number of rotatable bonds is 3. The van der Waals surface area contributed by atoms with E-state index in [0.29, 0.717) is 6.29 Å². The van der Waals surface area contributed by atoms with Crippen LogP contribution in [0, 0.1) is 23.0 Å². The number of nitriles is 1. The van der Waals surface area contributed by atoms with Crippen molar-refractivity contribution in [1.29, 1.82) is 5.26 Å². The fraction of sp³-hybridized carbons (Fsp3) is 0.0909. The highest BCUT2D eigenvalue weighted by Gasteiger charge is 2.08. The predicted octanol–water partition coefficient (Wildman–Crippen LogP) is 2.44. The van der Waals surface area contributed by atoms with Crippen molar-refractivity contribution in [2.75, 3.05) is 0 Å². The third-order valence-corrected chi connectivity index (χ3v) is 1.72. The maximum atomic E-state index is 13.1. The Balaban J connectivity index is 3.04. The van der Waals surface area contributed by atoms with E-state index in [0.717, 1.165) is 12.1 Å². The van der Waals surface area contributed by atoms with Gasteiger partial charge in [0.1, 0.15) is 29.6 Å². The molecule has 0 aliphatic heterocycles. The summed E-state index contributed by atoms with van der Waals surface area (Å²) in [7, 11) is 0. The van der Waals surface area contributed by atoms with Crippen LogP contribution < -0.4 is 0 Å². The number of carbonyl (C=O) groups excluding carboxylic acids is 1. The van der Waals surface area contributed by atoms with Gasteiger partial charge in [-0.3, -0.25) is 0 Å². The highest BCUT2D eigenvalue weighted by molar-refractivity contribution is 5.58. The Morgan fingerprint density at radius 2 is 1.93 bits per heavy atom. The fourth-order valence-electron chi connectivity index (χ4n) is 1.06. The normalized spacial score (nSPS) is 10.2. The van der Waals surface area contributed by atoms with Gasteiger partial charge in [0, 0.05) is 6.42 Å². The minimum Gasteiger partial charge on any atom is -0.303 e. The van der Waals surface area contributed by atoms with Crippen molar-refractivity contribution in [3.05, 3.63) is 41.0 Å². The minimum atomic E-state index is -0.900. The molecular formula is C11H7F2NO. The molecule has 0 saturated heterocycles. The lowest BCUT2D eigenvalue weighted by Gasteiger charge is -1.98. The zero-order chi connectivity index (χ0) is 11.3. The molecule has 0 atom stereocenters. The largest absolute Gasteiger partial charge is 0.303 e. The summed E-state index contributed by atoms with van der Waals surface area (Å²) in [6.07, 6.45) is 3.76. The standard InChI is InChI=1S/C11H7F2NO/c12-10-5-8(3-1-2-4-15)6-11(13)9(10)7-14/h1,3-6H,2H2. The summed E-state index contributed by atoms with van der Waals surface area (Å²) in [5, 5.41) is 8.41. The van der Waals surface area contributed by atoms with E-state index in [-0.39, 0.29) is 12.0 Å². The molecule has 1 aromatic rings. The second-order valence-electron chi connectivity index (χ2n) is 2.78. The smallest absolute Gasteiger partial charge is 0.144 e. The molecule has 1 rings (SSSR count). The van der Waals surface area contributed by atoms with E-state index >= 15 is 0 Å². The molecule has 0 radical (unpaired) electrons. The molecule has 2 nitrogen and oxygen atoms in total. The number of benzene rings is 1. The number of allylic oxidation sites excluding steroid dienone is 1. The van der Waals surface area contributed by atoms with Crippen LogP contribution in [-0.4, -0.2) is 6.29 Å². The van der Waals surface area contributed by atoms with Gasteiger partial charge in [-0.15, -0.1) is 0 Å². The van der Waals surface area contributed by atoms with Gasteiger partial charge in [-0.25, -0.2) is 8.78 Å². The van der Waals surface area contributed by atoms with Gasteiger partial charge < -0.3 is 4.79 Å². The molecule has 0 saturated carbocycles. The summed E-state index contributed by atoms with van der Waals surface area (Å²) in [6, 6.07) is 3.52. The Bertz CT molecular complexity index is 423. The molecule has 0 aromatic heterocycles. The van der Waals surface area contributed by atoms with Crippen molar-refractivity contribution in [1.82, 2.24) is 0 Å². The number of halogens is 2. The van der Waals surface area contributed by atoms with Crippen LogP contribution in [-0.2, 0) is 4.79 Å². The van der Waals surface area contributed by atoms with Crippen LogP contribution in [0.2, 0.25) is 0 Å². The lowest BCUT2D eigenvalue weighted by Crippen LogP contribution is -1.91. The number of carbonyl (C=O) groups is 1. The molecule has 0 spiro atoms. The maximum Gasteiger partial charge on any atom is 0.144 e. The van der Waals surface area contributed by atoms with Crippen LogP contribution in [0.25, 0.3) is 6.08 Å². The van der Waals surface area contributed by atoms with Crippen molar-refractivity contribution >= 4 is 12.4 Å². The van der Waals surface area contributed by atoms with Crippen LogP contribution in [0.5, 0.6) is 0 Å². The lowest BCUT2D eigenvalue weighted by molar-refractivity contribution is -0.107. The van der Waals surface area contributed by atoms with Crippen LogP contribution in [0.15, 0.2) is 18.2 Å². The van der Waals surface area contributed by atoms with E-state index in [1.807, 2.05) is 0 Å². The van der Waals surface area contributed by atoms with E-state index in [9.17, 15) is 13.6 Å². The molecule has 1 aromatic carbocycles. The second kappa shape index (κ2) is 5.01. The Kier molecular flexibility index (Phi) is 3.69. The first-order chi connectivity index (χ1) is 7.19. The third-order valence-electron chi connectivity index (χ3n) is 1.72. The highest BCUT2D eigenvalue weighted by atomic mass is 19.1. The van der Waals surface area contributed by atoms with E-state index in [2.05, 4.69) is 0 Å². The maximum absolute atomic E-state index is 13.1. The monoisotopic (exact) mass is 207 g/mol. The Labute approximate surface area is 85.5 Å². The highest BCUT2D eigenvalue weighted by Crippen LogP contribution is 2.15. The average molecular weight is 207 g/mol. The van der Waals surface area contributed by atoms with Gasteiger partial charge in [0.05, 0.1) is 0 Å². The summed E-state index contributed by atoms with van der Waals surface area (Å²) in [6.45, 7) is 0. The van der Waals surface area contributed by atoms with Gasteiger partial charge in [0.15, 0.2) is 0 Å². The first-order valence-electron chi connectivity index (χ1n) is 4.18. The van der Waals surface area contributed by atoms with Crippen molar-refractivity contribution in [3.63, 3.8) is 0 Å². The Morgan fingerprint density at radius 3 is 2.40 bits per heavy atom. The van der Waals surface area contributed by atoms with Gasteiger partial charge in [0.25, 0.3) is 0 Å². The molecule has 0 bridgehead atoms. The van der Waals surface area contributed by atoms with Crippen LogP contribution in [0.4, 0.5) is 8.78 Å². The Morgan fingerprint density at radius 1 is 1.33 bits per heavy atom. The molecule has 0 heterocycles. The van der Waals surface area contributed by atoms with Crippen molar-refractivity contribution in [3.8, 4) is 6.07 Å². The van der Waals surface area contributed by atoms with E-state index < -0.39 is 17.2 Å². The average Bonchev–Trinajstić information content (AvgIpc) is 2.18. The number of aldehydes is 1. The molecule has 15 heavy (non-hydrogen) atoms. The fourth-order valence-corrected chi connectivity index (χ4v) is 1.06. The van der Waals surface area contributed by atoms with Crippen LogP contribution >= 0.6 is 0 Å².